The van der Waals surface area contributed by atoms with Crippen LogP contribution < -0.4 is 82.8 Å². The van der Waals surface area contributed by atoms with E-state index in [0.717, 1.165) is 6.07 Å². The summed E-state index contributed by atoms with van der Waals surface area (Å²) in [7, 11) is -1.51. The number of hydrogen-bond acceptors (Lipinski definition) is 14. The number of hydrogen-bond donors (Lipinski definition) is 1. The molecule has 1 N–H and O–H groups in total. The number of fused-ring (bicyclic) bond motifs is 6. The first kappa shape index (κ1) is 38.1. The smallest absolute Gasteiger partial charge is 0.716 e. The first-order chi connectivity index (χ1) is 20.3. The zero-order valence-electron chi connectivity index (χ0n) is 23.9. The van der Waals surface area contributed by atoms with Gasteiger partial charge in [0.05, 0.1) is 15.6 Å². The molecule has 45 heavy (non-hydrogen) atoms. The summed E-state index contributed by atoms with van der Waals surface area (Å²) in [6.07, 6.45) is 0. The van der Waals surface area contributed by atoms with Crippen molar-refractivity contribution in [2.45, 2.75) is 5.60 Å². The number of esters is 1. The van der Waals surface area contributed by atoms with Crippen molar-refractivity contribution in [1.82, 2.24) is 10.2 Å². The molecule has 1 unspecified atom stereocenters. The molecule has 3 aromatic rings. The molecule has 228 valence electrons. The van der Waals surface area contributed by atoms with Crippen LogP contribution in [-0.2, 0) is 30.1 Å². The maximum Gasteiger partial charge on any atom is 1.00 e. The van der Waals surface area contributed by atoms with E-state index in [0.29, 0.717) is 13.1 Å². The van der Waals surface area contributed by atoms with Crippen molar-refractivity contribution in [3.63, 3.8) is 0 Å². The van der Waals surface area contributed by atoms with Crippen molar-refractivity contribution in [3.8, 4) is 23.0 Å². The second-order valence-electron chi connectivity index (χ2n) is 9.33. The van der Waals surface area contributed by atoms with Crippen molar-refractivity contribution in [1.29, 1.82) is 0 Å². The molecule has 3 aromatic carbocycles. The summed E-state index contributed by atoms with van der Waals surface area (Å²) in [6.45, 7) is 0.959. The second-order valence-corrected chi connectivity index (χ2v) is 11.6. The van der Waals surface area contributed by atoms with E-state index in [1.165, 1.54) is 36.4 Å². The van der Waals surface area contributed by atoms with Crippen LogP contribution in [0.3, 0.4) is 0 Å². The Labute approximate surface area is 315 Å². The molecule has 2 heterocycles. The van der Waals surface area contributed by atoms with Crippen molar-refractivity contribution >= 4 is 57.8 Å². The standard InChI is InChI=1S/C25H20Cl2N2O12S2.2Na/c1-29(2)6-5-28-23(30)12-3-4-14-13(7-12)24(31)37-25(14)15-8-17(26)21(38-42-41-40-32)10-19(15)36-20-11-22(39-43(33,34)35)18(27)9-16(20)25;;/h3-4,7-11,32H,5-6H2,1-2H3,(H,28,30)(H,33,34,35);;/q;2*+1/p-2. The number of halogens is 2. The number of amides is 1. The Kier molecular flexibility index (Phi) is 12.9. The Morgan fingerprint density at radius 3 is 2.24 bits per heavy atom. The minimum Gasteiger partial charge on any atom is -0.716 e. The quantitative estimate of drug-likeness (QED) is 0.0324. The molecule has 14 nitrogen and oxygen atoms in total. The zero-order chi connectivity index (χ0) is 31.1. The topological polar surface area (TPSA) is 185 Å². The van der Waals surface area contributed by atoms with Crippen LogP contribution in [0.4, 0.5) is 0 Å². The summed E-state index contributed by atoms with van der Waals surface area (Å²) in [5.41, 5.74) is -0.946. The summed E-state index contributed by atoms with van der Waals surface area (Å²) >= 11 is 12.9. The van der Waals surface area contributed by atoms with Crippen LogP contribution in [0.2, 0.25) is 10.0 Å². The number of ether oxygens (including phenoxy) is 2. The van der Waals surface area contributed by atoms with Crippen molar-refractivity contribution in [2.24, 2.45) is 0 Å². The SMILES string of the molecule is CN(C)CCNC(=O)c1ccc2c(c1)C(=O)OC21c2cc(Cl)c(OSOO[O-])cc2Oc2cc(OS(=O)(=O)[O-])c(Cl)cc21.[Na+].[Na+]. The molecule has 0 radical (unpaired) electrons. The Morgan fingerprint density at radius 2 is 1.64 bits per heavy atom. The number of nitrogens with one attached hydrogen (secondary N) is 1. The maximum atomic E-state index is 13.4. The van der Waals surface area contributed by atoms with Crippen LogP contribution in [-0.4, -0.2) is 56.9 Å². The molecule has 0 saturated heterocycles. The average Bonchev–Trinajstić information content (AvgIpc) is 3.22. The largest absolute Gasteiger partial charge is 1.00 e. The van der Waals surface area contributed by atoms with Crippen molar-refractivity contribution in [2.75, 3.05) is 27.2 Å². The van der Waals surface area contributed by atoms with Gasteiger partial charge in [-0.3, -0.25) is 9.83 Å². The molecule has 20 heteroatoms. The van der Waals surface area contributed by atoms with E-state index in [2.05, 4.69) is 18.9 Å². The summed E-state index contributed by atoms with van der Waals surface area (Å²) in [4.78, 5) is 28.1. The monoisotopic (exact) mass is 718 g/mol. The fourth-order valence-corrected chi connectivity index (χ4v) is 5.77. The van der Waals surface area contributed by atoms with E-state index in [1.807, 2.05) is 19.0 Å². The fourth-order valence-electron chi connectivity index (χ4n) is 4.66. The molecular formula is C25H18Cl2N2Na2O12S2. The van der Waals surface area contributed by atoms with E-state index in [9.17, 15) is 27.8 Å². The van der Waals surface area contributed by atoms with Crippen molar-refractivity contribution in [3.05, 3.63) is 80.3 Å². The molecule has 0 fully saturated rings. The van der Waals surface area contributed by atoms with Crippen LogP contribution >= 0.6 is 35.5 Å². The molecule has 1 atom stereocenters. The predicted molar refractivity (Wildman–Crippen MR) is 146 cm³/mol. The number of rotatable bonds is 10. The Bertz CT molecular complexity index is 1750. The first-order valence-corrected chi connectivity index (χ1v) is 14.7. The summed E-state index contributed by atoms with van der Waals surface area (Å²) in [5, 5.41) is 15.8. The van der Waals surface area contributed by atoms with E-state index >= 15 is 0 Å². The van der Waals surface area contributed by atoms with Crippen LogP contribution in [0.15, 0.2) is 42.5 Å². The van der Waals surface area contributed by atoms with Crippen LogP contribution in [0.25, 0.3) is 0 Å². The van der Waals surface area contributed by atoms with Crippen molar-refractivity contribution < 1.29 is 114 Å². The molecular weight excluding hydrogens is 701 g/mol. The maximum absolute atomic E-state index is 13.4. The van der Waals surface area contributed by atoms with Gasteiger partial charge in [0, 0.05) is 47.5 Å². The Hall–Kier alpha value is -1.32. The van der Waals surface area contributed by atoms with Gasteiger partial charge in [-0.15, -0.1) is 4.33 Å². The van der Waals surface area contributed by atoms with Gasteiger partial charge in [0.15, 0.2) is 17.1 Å². The van der Waals surface area contributed by atoms with Gasteiger partial charge in [0.1, 0.15) is 11.5 Å². The summed E-state index contributed by atoms with van der Waals surface area (Å²) in [6, 6.07) is 9.31. The fraction of sp³-hybridized carbons (Fsp3) is 0.200. The number of benzene rings is 3. The average molecular weight is 719 g/mol. The van der Waals surface area contributed by atoms with E-state index in [1.54, 1.807) is 0 Å². The molecule has 0 aliphatic carbocycles. The summed E-state index contributed by atoms with van der Waals surface area (Å²) < 4.78 is 59.7. The third-order valence-corrected chi connectivity index (χ3v) is 7.72. The number of carbonyl (C=O) groups excluding carboxylic acids is 2. The number of likely N-dealkylation sites (N-methyl/N-ethyl adjacent to an activating group) is 1. The van der Waals surface area contributed by atoms with Gasteiger partial charge < -0.3 is 37.9 Å². The van der Waals surface area contributed by atoms with Gasteiger partial charge >= 0.3 is 65.1 Å². The van der Waals surface area contributed by atoms with E-state index in [-0.39, 0.29) is 127 Å². The molecule has 1 spiro atoms. The molecule has 0 bridgehead atoms. The van der Waals surface area contributed by atoms with Gasteiger partial charge in [0.2, 0.25) is 0 Å². The minimum absolute atomic E-state index is 0. The molecule has 0 aromatic heterocycles. The minimum atomic E-state index is -5.23. The number of carbonyl (C=O) groups is 2. The zero-order valence-corrected chi connectivity index (χ0v) is 31.0. The third-order valence-electron chi connectivity index (χ3n) is 6.39. The Morgan fingerprint density at radius 1 is 1.02 bits per heavy atom. The predicted octanol–water partition coefficient (Wildman–Crippen LogP) is -3.13. The van der Waals surface area contributed by atoms with Crippen LogP contribution in [0.5, 0.6) is 23.0 Å². The molecule has 2 aliphatic rings. The molecule has 5 rings (SSSR count). The summed E-state index contributed by atoms with van der Waals surface area (Å²) in [5.74, 6) is -1.94. The van der Waals surface area contributed by atoms with Gasteiger partial charge in [-0.2, -0.15) is 0 Å². The first-order valence-electron chi connectivity index (χ1n) is 12.0. The Balaban J connectivity index is 0.00000276. The van der Waals surface area contributed by atoms with Crippen LogP contribution in [0.1, 0.15) is 37.4 Å². The van der Waals surface area contributed by atoms with E-state index in [4.69, 9.17) is 36.9 Å². The molecule has 2 aliphatic heterocycles. The van der Waals surface area contributed by atoms with Gasteiger partial charge in [-0.25, -0.2) is 13.2 Å². The van der Waals surface area contributed by atoms with Gasteiger partial charge in [-0.1, -0.05) is 29.3 Å². The van der Waals surface area contributed by atoms with E-state index < -0.39 is 33.6 Å². The van der Waals surface area contributed by atoms with Gasteiger partial charge in [0.25, 0.3) is 28.6 Å². The van der Waals surface area contributed by atoms with Crippen LogP contribution in [0, 0.1) is 0 Å². The second kappa shape index (κ2) is 15.3. The number of nitrogens with zero attached hydrogens (tertiary/aromatic N) is 1. The van der Waals surface area contributed by atoms with Gasteiger partial charge in [-0.05, 0) is 38.4 Å². The molecule has 0 saturated carbocycles. The molecule has 1 amide bonds. The third kappa shape index (κ3) is 7.88. The normalized spacial score (nSPS) is 15.9.